The molecule has 0 N–H and O–H groups in total. The molecule has 0 radical (unpaired) electrons. The molecule has 0 heterocycles. The summed E-state index contributed by atoms with van der Waals surface area (Å²) in [7, 11) is 0. The van der Waals surface area contributed by atoms with E-state index < -0.39 is 0 Å². The molecule has 2 saturated carbocycles. The minimum absolute atomic E-state index is 0.911. The lowest BCUT2D eigenvalue weighted by molar-refractivity contribution is 0.129. The molecule has 4 unspecified atom stereocenters. The third kappa shape index (κ3) is 1.78. The molecule has 0 aromatic heterocycles. The first-order valence-corrected chi connectivity index (χ1v) is 6.09. The first-order chi connectivity index (χ1) is 6.09. The Labute approximate surface area is 83.1 Å². The lowest BCUT2D eigenvalue weighted by Crippen LogP contribution is -2.29. The van der Waals surface area contributed by atoms with Crippen molar-refractivity contribution in [3.8, 4) is 0 Å². The second-order valence-electron chi connectivity index (χ2n) is 6.04. The summed E-state index contributed by atoms with van der Waals surface area (Å²) in [6, 6.07) is 0. The molecule has 0 aromatic rings. The van der Waals surface area contributed by atoms with Gasteiger partial charge in [0, 0.05) is 0 Å². The van der Waals surface area contributed by atoms with Gasteiger partial charge in [0.2, 0.25) is 0 Å². The molecule has 0 aliphatic heterocycles. The molecule has 2 fully saturated rings. The molecular formula is C13H24. The van der Waals surface area contributed by atoms with E-state index in [0.29, 0.717) is 0 Å². The Hall–Kier alpha value is 0. The van der Waals surface area contributed by atoms with E-state index in [0.717, 1.165) is 35.5 Å². The molecule has 0 aromatic carbocycles. The lowest BCUT2D eigenvalue weighted by atomic mass is 9.69. The molecule has 0 bridgehead atoms. The highest BCUT2D eigenvalue weighted by Gasteiger charge is 2.47. The molecule has 0 saturated heterocycles. The first-order valence-electron chi connectivity index (χ1n) is 6.09. The summed E-state index contributed by atoms with van der Waals surface area (Å²) in [6.07, 6.45) is 4.66. The summed E-state index contributed by atoms with van der Waals surface area (Å²) < 4.78 is 0. The highest BCUT2D eigenvalue weighted by molar-refractivity contribution is 4.97. The van der Waals surface area contributed by atoms with Crippen molar-refractivity contribution in [1.29, 1.82) is 0 Å². The highest BCUT2D eigenvalue weighted by atomic mass is 14.5. The maximum atomic E-state index is 2.42. The van der Waals surface area contributed by atoms with E-state index in [-0.39, 0.29) is 0 Å². The van der Waals surface area contributed by atoms with Crippen LogP contribution in [0.5, 0.6) is 0 Å². The molecular weight excluding hydrogens is 156 g/mol. The zero-order valence-corrected chi connectivity index (χ0v) is 9.59. The van der Waals surface area contributed by atoms with Crippen molar-refractivity contribution >= 4 is 0 Å². The number of hydrogen-bond acceptors (Lipinski definition) is 0. The van der Waals surface area contributed by atoms with Gasteiger partial charge in [-0.15, -0.1) is 0 Å². The summed E-state index contributed by atoms with van der Waals surface area (Å²) in [5.41, 5.74) is 0. The predicted molar refractivity (Wildman–Crippen MR) is 57.5 cm³/mol. The summed E-state index contributed by atoms with van der Waals surface area (Å²) in [4.78, 5) is 0. The van der Waals surface area contributed by atoms with E-state index in [2.05, 4.69) is 27.7 Å². The van der Waals surface area contributed by atoms with Crippen molar-refractivity contribution in [3.05, 3.63) is 0 Å². The molecule has 4 atom stereocenters. The monoisotopic (exact) mass is 180 g/mol. The fourth-order valence-corrected chi connectivity index (χ4v) is 3.47. The van der Waals surface area contributed by atoms with Gasteiger partial charge in [-0.3, -0.25) is 0 Å². The zero-order valence-electron chi connectivity index (χ0n) is 9.59. The highest BCUT2D eigenvalue weighted by Crippen LogP contribution is 2.56. The van der Waals surface area contributed by atoms with Crippen LogP contribution in [-0.2, 0) is 0 Å². The largest absolute Gasteiger partial charge is 0.0625 e. The van der Waals surface area contributed by atoms with Crippen LogP contribution in [0.25, 0.3) is 0 Å². The molecule has 0 amide bonds. The van der Waals surface area contributed by atoms with Gasteiger partial charge in [0.05, 0.1) is 0 Å². The van der Waals surface area contributed by atoms with Crippen LogP contribution in [0.1, 0.15) is 47.0 Å². The second kappa shape index (κ2) is 3.29. The normalized spacial score (nSPS) is 43.8. The number of hydrogen-bond donors (Lipinski definition) is 0. The standard InChI is InChI=1S/C13H24/c1-8(2)12-6-10-5-11(10)7-13(12)9(3)4/h8-13H,5-7H2,1-4H3. The van der Waals surface area contributed by atoms with Gasteiger partial charge >= 0.3 is 0 Å². The smallest absolute Gasteiger partial charge is 0.0357 e. The van der Waals surface area contributed by atoms with Gasteiger partial charge in [0.1, 0.15) is 0 Å². The Bertz CT molecular complexity index is 160. The Morgan fingerprint density at radius 2 is 1.08 bits per heavy atom. The molecule has 2 aliphatic rings. The van der Waals surface area contributed by atoms with Gasteiger partial charge in [0.15, 0.2) is 0 Å². The average molecular weight is 180 g/mol. The van der Waals surface area contributed by atoms with Crippen molar-refractivity contribution in [2.24, 2.45) is 35.5 Å². The Morgan fingerprint density at radius 1 is 0.692 bits per heavy atom. The van der Waals surface area contributed by atoms with Crippen LogP contribution >= 0.6 is 0 Å². The third-order valence-corrected chi connectivity index (χ3v) is 4.48. The molecule has 0 spiro atoms. The average Bonchev–Trinajstić information content (AvgIpc) is 2.78. The van der Waals surface area contributed by atoms with Crippen molar-refractivity contribution < 1.29 is 0 Å². The van der Waals surface area contributed by atoms with E-state index in [1.807, 2.05) is 0 Å². The predicted octanol–water partition coefficient (Wildman–Crippen LogP) is 3.96. The van der Waals surface area contributed by atoms with Crippen molar-refractivity contribution in [2.45, 2.75) is 47.0 Å². The van der Waals surface area contributed by atoms with Crippen molar-refractivity contribution in [3.63, 3.8) is 0 Å². The van der Waals surface area contributed by atoms with Crippen LogP contribution in [0.15, 0.2) is 0 Å². The van der Waals surface area contributed by atoms with Crippen LogP contribution in [0.4, 0.5) is 0 Å². The second-order valence-corrected chi connectivity index (χ2v) is 6.04. The van der Waals surface area contributed by atoms with E-state index in [1.54, 1.807) is 19.3 Å². The summed E-state index contributed by atoms with van der Waals surface area (Å²) >= 11 is 0. The number of fused-ring (bicyclic) bond motifs is 1. The minimum atomic E-state index is 0.911. The van der Waals surface area contributed by atoms with E-state index in [4.69, 9.17) is 0 Å². The van der Waals surface area contributed by atoms with Gasteiger partial charge in [-0.2, -0.15) is 0 Å². The maximum absolute atomic E-state index is 2.42. The van der Waals surface area contributed by atoms with Crippen LogP contribution in [0.2, 0.25) is 0 Å². The lowest BCUT2D eigenvalue weighted by Gasteiger charge is -2.36. The molecule has 13 heavy (non-hydrogen) atoms. The van der Waals surface area contributed by atoms with Gasteiger partial charge in [-0.25, -0.2) is 0 Å². The Balaban J connectivity index is 2.03. The van der Waals surface area contributed by atoms with Gasteiger partial charge in [0.25, 0.3) is 0 Å². The van der Waals surface area contributed by atoms with Gasteiger partial charge in [-0.1, -0.05) is 27.7 Å². The van der Waals surface area contributed by atoms with Crippen LogP contribution in [0, 0.1) is 35.5 Å². The molecule has 76 valence electrons. The SMILES string of the molecule is CC(C)C1CC2CC2CC1C(C)C. The summed E-state index contributed by atoms with van der Waals surface area (Å²) in [5.74, 6) is 6.17. The van der Waals surface area contributed by atoms with E-state index in [1.165, 1.54) is 0 Å². The molecule has 2 aliphatic carbocycles. The summed E-state index contributed by atoms with van der Waals surface area (Å²) in [5, 5.41) is 0. The molecule has 2 rings (SSSR count). The maximum Gasteiger partial charge on any atom is -0.0357 e. The van der Waals surface area contributed by atoms with Crippen molar-refractivity contribution in [1.82, 2.24) is 0 Å². The zero-order chi connectivity index (χ0) is 9.59. The summed E-state index contributed by atoms with van der Waals surface area (Å²) in [6.45, 7) is 9.68. The van der Waals surface area contributed by atoms with Gasteiger partial charge in [-0.05, 0) is 54.8 Å². The topological polar surface area (TPSA) is 0 Å². The molecule has 0 nitrogen and oxygen atoms in total. The van der Waals surface area contributed by atoms with E-state index >= 15 is 0 Å². The quantitative estimate of drug-likeness (QED) is 0.603. The number of rotatable bonds is 2. The Morgan fingerprint density at radius 3 is 1.38 bits per heavy atom. The molecule has 0 heteroatoms. The van der Waals surface area contributed by atoms with Gasteiger partial charge < -0.3 is 0 Å². The fourth-order valence-electron chi connectivity index (χ4n) is 3.47. The fraction of sp³-hybridized carbons (Fsp3) is 1.00. The minimum Gasteiger partial charge on any atom is -0.0625 e. The first kappa shape index (κ1) is 9.55. The van der Waals surface area contributed by atoms with Crippen LogP contribution in [-0.4, -0.2) is 0 Å². The van der Waals surface area contributed by atoms with E-state index in [9.17, 15) is 0 Å². The van der Waals surface area contributed by atoms with Crippen LogP contribution in [0.3, 0.4) is 0 Å². The Kier molecular flexibility index (Phi) is 2.42. The third-order valence-electron chi connectivity index (χ3n) is 4.48. The van der Waals surface area contributed by atoms with Crippen molar-refractivity contribution in [2.75, 3.05) is 0 Å². The van der Waals surface area contributed by atoms with Crippen LogP contribution < -0.4 is 0 Å².